The van der Waals surface area contributed by atoms with Crippen LogP contribution in [0.1, 0.15) is 19.8 Å². The maximum Gasteiger partial charge on any atom is 0.330 e. The van der Waals surface area contributed by atoms with Crippen molar-refractivity contribution in [2.45, 2.75) is 19.8 Å². The van der Waals surface area contributed by atoms with E-state index in [4.69, 9.17) is 0 Å². The van der Waals surface area contributed by atoms with Crippen LogP contribution in [0.4, 0.5) is 0 Å². The lowest BCUT2D eigenvalue weighted by Crippen LogP contribution is -2.00. The number of ether oxygens (including phenoxy) is 1. The van der Waals surface area contributed by atoms with Gasteiger partial charge in [0.25, 0.3) is 0 Å². The molecule has 66 valence electrons. The molecule has 0 rings (SSSR count). The van der Waals surface area contributed by atoms with Crippen LogP contribution in [0.2, 0.25) is 0 Å². The first-order valence-electron chi connectivity index (χ1n) is 3.68. The predicted molar refractivity (Wildman–Crippen MR) is 46.2 cm³/mol. The van der Waals surface area contributed by atoms with Gasteiger partial charge in [-0.2, -0.15) is 0 Å². The molecule has 11 heavy (non-hydrogen) atoms. The molecular formula is C8H17NO2. The van der Waals surface area contributed by atoms with Gasteiger partial charge in [-0.15, -0.1) is 0 Å². The Morgan fingerprint density at radius 1 is 1.64 bits per heavy atom. The van der Waals surface area contributed by atoms with Gasteiger partial charge in [0.05, 0.1) is 6.61 Å². The molecule has 0 aliphatic rings. The first-order chi connectivity index (χ1) is 5.31. The highest BCUT2D eigenvalue weighted by atomic mass is 16.5. The van der Waals surface area contributed by atoms with Crippen LogP contribution >= 0.6 is 0 Å². The molecule has 0 radical (unpaired) electrons. The summed E-state index contributed by atoms with van der Waals surface area (Å²) in [5.41, 5.74) is 4.50. The van der Waals surface area contributed by atoms with Gasteiger partial charge < -0.3 is 10.5 Å². The molecule has 0 amide bonds. The van der Waals surface area contributed by atoms with E-state index in [9.17, 15) is 4.79 Å². The summed E-state index contributed by atoms with van der Waals surface area (Å²) >= 11 is 0. The van der Waals surface area contributed by atoms with Crippen LogP contribution in [-0.4, -0.2) is 19.6 Å². The third kappa shape index (κ3) is 12.4. The van der Waals surface area contributed by atoms with Gasteiger partial charge >= 0.3 is 5.97 Å². The van der Waals surface area contributed by atoms with Crippen LogP contribution in [-0.2, 0) is 9.53 Å². The van der Waals surface area contributed by atoms with Gasteiger partial charge in [0.15, 0.2) is 0 Å². The number of rotatable bonds is 4. The molecule has 0 spiro atoms. The molecule has 0 fully saturated rings. The van der Waals surface area contributed by atoms with E-state index in [1.807, 2.05) is 6.92 Å². The van der Waals surface area contributed by atoms with E-state index in [0.29, 0.717) is 6.61 Å². The van der Waals surface area contributed by atoms with E-state index < -0.39 is 0 Å². The molecule has 0 unspecified atom stereocenters. The number of esters is 1. The van der Waals surface area contributed by atoms with Crippen molar-refractivity contribution in [1.29, 1.82) is 0 Å². The average molecular weight is 159 g/mol. The minimum absolute atomic E-state index is 0.330. The molecule has 0 aromatic rings. The van der Waals surface area contributed by atoms with Crippen molar-refractivity contribution in [3.63, 3.8) is 0 Å². The molecule has 0 atom stereocenters. The Labute approximate surface area is 68.2 Å². The molecular weight excluding hydrogens is 142 g/mol. The Morgan fingerprint density at radius 3 is 2.55 bits per heavy atom. The largest absolute Gasteiger partial charge is 0.463 e. The smallest absolute Gasteiger partial charge is 0.330 e. The van der Waals surface area contributed by atoms with Gasteiger partial charge in [0.2, 0.25) is 0 Å². The standard InChI is InChI=1S/C7H12O2.CH5N/c1-3-5-6-9-7(8)4-2;1-2/h4H,2-3,5-6H2,1H3;2H2,1H3. The van der Waals surface area contributed by atoms with Crippen LogP contribution in [0.15, 0.2) is 12.7 Å². The number of hydrogen-bond acceptors (Lipinski definition) is 3. The van der Waals surface area contributed by atoms with Crippen LogP contribution in [0, 0.1) is 0 Å². The van der Waals surface area contributed by atoms with Crippen LogP contribution < -0.4 is 5.73 Å². The quantitative estimate of drug-likeness (QED) is 0.379. The van der Waals surface area contributed by atoms with Gasteiger partial charge in [0, 0.05) is 6.08 Å². The molecule has 0 heterocycles. The third-order valence-electron chi connectivity index (χ3n) is 0.909. The zero-order valence-electron chi connectivity index (χ0n) is 7.30. The Morgan fingerprint density at radius 2 is 2.18 bits per heavy atom. The Bertz CT molecular complexity index is 102. The fraction of sp³-hybridized carbons (Fsp3) is 0.625. The van der Waals surface area contributed by atoms with Crippen molar-refractivity contribution >= 4 is 5.97 Å². The van der Waals surface area contributed by atoms with Gasteiger partial charge in [-0.05, 0) is 13.5 Å². The van der Waals surface area contributed by atoms with Crippen molar-refractivity contribution in [2.75, 3.05) is 13.7 Å². The summed E-state index contributed by atoms with van der Waals surface area (Å²) in [7, 11) is 1.50. The van der Waals surface area contributed by atoms with Crippen molar-refractivity contribution < 1.29 is 9.53 Å². The fourth-order valence-corrected chi connectivity index (χ4v) is 0.376. The highest BCUT2D eigenvalue weighted by Crippen LogP contribution is 1.88. The summed E-state index contributed by atoms with van der Waals surface area (Å²) in [5.74, 6) is -0.330. The van der Waals surface area contributed by atoms with Crippen LogP contribution in [0.25, 0.3) is 0 Å². The second kappa shape index (κ2) is 11.9. The van der Waals surface area contributed by atoms with Gasteiger partial charge in [-0.25, -0.2) is 4.79 Å². The second-order valence-electron chi connectivity index (χ2n) is 1.73. The maximum absolute atomic E-state index is 10.3. The average Bonchev–Trinajstić information content (AvgIpc) is 2.08. The molecule has 0 aliphatic heterocycles. The lowest BCUT2D eigenvalue weighted by atomic mass is 10.4. The van der Waals surface area contributed by atoms with Crippen molar-refractivity contribution in [2.24, 2.45) is 5.73 Å². The summed E-state index contributed by atoms with van der Waals surface area (Å²) < 4.78 is 4.67. The Hall–Kier alpha value is -0.830. The SMILES string of the molecule is C=CC(=O)OCCCC.CN. The maximum atomic E-state index is 10.3. The lowest BCUT2D eigenvalue weighted by molar-refractivity contribution is -0.137. The zero-order valence-corrected chi connectivity index (χ0v) is 7.30. The Kier molecular flexibility index (Phi) is 13.9. The summed E-state index contributed by atoms with van der Waals surface area (Å²) in [4.78, 5) is 10.3. The van der Waals surface area contributed by atoms with E-state index in [1.165, 1.54) is 13.1 Å². The van der Waals surface area contributed by atoms with E-state index >= 15 is 0 Å². The fourth-order valence-electron chi connectivity index (χ4n) is 0.376. The predicted octanol–water partition coefficient (Wildman–Crippen LogP) is 1.09. The first-order valence-corrected chi connectivity index (χ1v) is 3.68. The van der Waals surface area contributed by atoms with E-state index in [2.05, 4.69) is 17.0 Å². The molecule has 2 N–H and O–H groups in total. The van der Waals surface area contributed by atoms with Crippen molar-refractivity contribution in [1.82, 2.24) is 0 Å². The number of unbranched alkanes of at least 4 members (excludes halogenated alkanes) is 1. The molecule has 0 bridgehead atoms. The normalized spacial score (nSPS) is 7.55. The lowest BCUT2D eigenvalue weighted by Gasteiger charge is -1.97. The summed E-state index contributed by atoms with van der Waals surface area (Å²) in [6, 6.07) is 0. The van der Waals surface area contributed by atoms with E-state index in [0.717, 1.165) is 12.8 Å². The molecule has 0 aromatic heterocycles. The van der Waals surface area contributed by atoms with Crippen LogP contribution in [0.3, 0.4) is 0 Å². The molecule has 0 saturated carbocycles. The van der Waals surface area contributed by atoms with E-state index in [-0.39, 0.29) is 5.97 Å². The van der Waals surface area contributed by atoms with Gasteiger partial charge in [0.1, 0.15) is 0 Å². The number of carbonyl (C=O) groups is 1. The molecule has 0 saturated heterocycles. The van der Waals surface area contributed by atoms with Gasteiger partial charge in [-0.1, -0.05) is 19.9 Å². The van der Waals surface area contributed by atoms with Crippen molar-refractivity contribution in [3.05, 3.63) is 12.7 Å². The second-order valence-corrected chi connectivity index (χ2v) is 1.73. The molecule has 0 aliphatic carbocycles. The highest BCUT2D eigenvalue weighted by molar-refractivity contribution is 5.81. The zero-order chi connectivity index (χ0) is 9.11. The Balaban J connectivity index is 0. The summed E-state index contributed by atoms with van der Waals surface area (Å²) in [6.07, 6.45) is 3.15. The van der Waals surface area contributed by atoms with Crippen LogP contribution in [0.5, 0.6) is 0 Å². The number of carbonyl (C=O) groups excluding carboxylic acids is 1. The number of hydrogen-bond donors (Lipinski definition) is 1. The molecule has 0 aromatic carbocycles. The minimum Gasteiger partial charge on any atom is -0.463 e. The third-order valence-corrected chi connectivity index (χ3v) is 0.909. The van der Waals surface area contributed by atoms with Crippen molar-refractivity contribution in [3.8, 4) is 0 Å². The number of nitrogens with two attached hydrogens (primary N) is 1. The van der Waals surface area contributed by atoms with Gasteiger partial charge in [-0.3, -0.25) is 0 Å². The monoisotopic (exact) mass is 159 g/mol. The topological polar surface area (TPSA) is 52.3 Å². The summed E-state index contributed by atoms with van der Waals surface area (Å²) in [6.45, 7) is 5.82. The first kappa shape index (κ1) is 12.8. The minimum atomic E-state index is -0.330. The summed E-state index contributed by atoms with van der Waals surface area (Å²) in [5, 5.41) is 0. The highest BCUT2D eigenvalue weighted by Gasteiger charge is 1.91. The van der Waals surface area contributed by atoms with E-state index in [1.54, 1.807) is 0 Å². The molecule has 3 heteroatoms. The molecule has 3 nitrogen and oxygen atoms in total.